The highest BCUT2D eigenvalue weighted by Gasteiger charge is 2.52. The molecule has 1 aliphatic heterocycles. The number of para-hydroxylation sites is 2. The van der Waals surface area contributed by atoms with Gasteiger partial charge in [-0.1, -0.05) is 42.5 Å². The molecule has 0 saturated heterocycles. The van der Waals surface area contributed by atoms with Crippen LogP contribution in [0.2, 0.25) is 0 Å². The van der Waals surface area contributed by atoms with Crippen molar-refractivity contribution in [1.29, 1.82) is 0 Å². The van der Waals surface area contributed by atoms with E-state index >= 15 is 0 Å². The van der Waals surface area contributed by atoms with Gasteiger partial charge in [-0.05, 0) is 53.6 Å². The first kappa shape index (κ1) is 20.2. The molecular weight excluding hydrogens is 430 g/mol. The van der Waals surface area contributed by atoms with Crippen LogP contribution in [0.25, 0.3) is 33.3 Å². The highest BCUT2D eigenvalue weighted by Crippen LogP contribution is 2.60. The van der Waals surface area contributed by atoms with Crippen molar-refractivity contribution in [2.75, 3.05) is 38.0 Å². The van der Waals surface area contributed by atoms with E-state index in [1.165, 1.54) is 44.6 Å². The van der Waals surface area contributed by atoms with Gasteiger partial charge in [-0.15, -0.1) is 0 Å². The number of aromatic amines is 1. The molecule has 4 heteroatoms. The number of hydrogen-bond acceptors (Lipinski definition) is 3. The number of anilines is 2. The van der Waals surface area contributed by atoms with Crippen LogP contribution in [0.15, 0.2) is 84.9 Å². The molecule has 0 saturated carbocycles. The number of aromatic nitrogens is 1. The Morgan fingerprint density at radius 3 is 1.91 bits per heavy atom. The fourth-order valence-electron chi connectivity index (χ4n) is 5.89. The maximum Gasteiger partial charge on any atom is 0.188 e. The third-order valence-corrected chi connectivity index (χ3v) is 7.57. The molecule has 0 atom stereocenters. The van der Waals surface area contributed by atoms with Crippen molar-refractivity contribution in [1.82, 2.24) is 4.98 Å². The van der Waals surface area contributed by atoms with Crippen molar-refractivity contribution < 1.29 is 4.74 Å². The second-order valence-electron chi connectivity index (χ2n) is 9.95. The summed E-state index contributed by atoms with van der Waals surface area (Å²) in [7, 11) is 8.37. The highest BCUT2D eigenvalue weighted by molar-refractivity contribution is 5.99. The smallest absolute Gasteiger partial charge is 0.188 e. The second kappa shape index (κ2) is 6.92. The Morgan fingerprint density at radius 1 is 0.657 bits per heavy atom. The lowest BCUT2D eigenvalue weighted by Gasteiger charge is -2.38. The number of nitrogens with one attached hydrogen (secondary N) is 1. The summed E-state index contributed by atoms with van der Waals surface area (Å²) in [5.74, 6) is 0.902. The third-order valence-electron chi connectivity index (χ3n) is 7.57. The van der Waals surface area contributed by atoms with E-state index in [-0.39, 0.29) is 0 Å². The van der Waals surface area contributed by atoms with E-state index in [4.69, 9.17) is 4.74 Å². The van der Waals surface area contributed by atoms with Crippen molar-refractivity contribution in [3.8, 4) is 28.1 Å². The van der Waals surface area contributed by atoms with E-state index in [2.05, 4.69) is 128 Å². The van der Waals surface area contributed by atoms with E-state index in [1.807, 2.05) is 0 Å². The minimum atomic E-state index is -0.732. The van der Waals surface area contributed by atoms with Gasteiger partial charge in [-0.2, -0.15) is 0 Å². The summed E-state index contributed by atoms with van der Waals surface area (Å²) < 4.78 is 7.18. The summed E-state index contributed by atoms with van der Waals surface area (Å²) in [5, 5.41) is 1.20. The fourth-order valence-corrected chi connectivity index (χ4v) is 5.89. The molecular formula is C31H27N3O. The van der Waals surface area contributed by atoms with Gasteiger partial charge in [-0.3, -0.25) is 0 Å². The van der Waals surface area contributed by atoms with Crippen LogP contribution in [-0.2, 0) is 5.60 Å². The van der Waals surface area contributed by atoms with Crippen molar-refractivity contribution in [3.63, 3.8) is 0 Å². The maximum absolute atomic E-state index is 7.18. The Labute approximate surface area is 205 Å². The zero-order valence-electron chi connectivity index (χ0n) is 20.4. The molecule has 5 aromatic rings. The predicted molar refractivity (Wildman–Crippen MR) is 145 cm³/mol. The molecule has 35 heavy (non-hydrogen) atoms. The summed E-state index contributed by atoms with van der Waals surface area (Å²) in [5.41, 5.74) is 11.0. The van der Waals surface area contributed by atoms with Crippen molar-refractivity contribution >= 4 is 22.3 Å². The fraction of sp³-hybridized carbons (Fsp3) is 0.161. The van der Waals surface area contributed by atoms with Gasteiger partial charge in [0.1, 0.15) is 5.75 Å². The third kappa shape index (κ3) is 2.57. The zero-order chi connectivity index (χ0) is 23.9. The van der Waals surface area contributed by atoms with Gasteiger partial charge in [0.2, 0.25) is 0 Å². The Kier molecular flexibility index (Phi) is 4.00. The van der Waals surface area contributed by atoms with E-state index in [1.54, 1.807) is 0 Å². The van der Waals surface area contributed by atoms with Crippen LogP contribution in [0.4, 0.5) is 11.4 Å². The van der Waals surface area contributed by atoms with Crippen molar-refractivity contribution in [2.24, 2.45) is 0 Å². The number of fused-ring (bicyclic) bond motifs is 11. The minimum Gasteiger partial charge on any atom is -0.472 e. The molecule has 1 spiro atoms. The monoisotopic (exact) mass is 457 g/mol. The summed E-state index contributed by atoms with van der Waals surface area (Å²) in [6, 6.07) is 30.5. The summed E-state index contributed by atoms with van der Waals surface area (Å²) in [4.78, 5) is 8.07. The lowest BCUT2D eigenvalue weighted by Crippen LogP contribution is -2.36. The molecule has 0 fully saturated rings. The first-order chi connectivity index (χ1) is 17.0. The Balaban J connectivity index is 1.64. The molecule has 4 aromatic carbocycles. The standard InChI is InChI=1S/C31H27N3O/c1-33(2)19-13-15-25-23(17-19)24-18-20(34(3)4)14-16-26(24)31(25)29-21-9-5-7-11-27(21)32-30(29)22-10-6-8-12-28(22)35-31/h5-18,32H,1-4H3. The average Bonchev–Trinajstić information content (AvgIpc) is 3.39. The molecule has 7 rings (SSSR count). The average molecular weight is 458 g/mol. The van der Waals surface area contributed by atoms with Crippen LogP contribution in [0.1, 0.15) is 16.7 Å². The molecule has 1 aliphatic carbocycles. The Bertz CT molecular complexity index is 1590. The first-order valence-corrected chi connectivity index (χ1v) is 12.0. The molecule has 1 aromatic heterocycles. The highest BCUT2D eigenvalue weighted by atomic mass is 16.5. The van der Waals surface area contributed by atoms with Crippen LogP contribution in [-0.4, -0.2) is 33.2 Å². The number of hydrogen-bond donors (Lipinski definition) is 1. The lowest BCUT2D eigenvalue weighted by molar-refractivity contribution is 0.158. The molecule has 172 valence electrons. The van der Waals surface area contributed by atoms with Crippen molar-refractivity contribution in [3.05, 3.63) is 102 Å². The molecule has 1 N–H and O–H groups in total. The molecule has 4 nitrogen and oxygen atoms in total. The van der Waals surface area contributed by atoms with Crippen LogP contribution in [0, 0.1) is 0 Å². The van der Waals surface area contributed by atoms with Crippen LogP contribution in [0.3, 0.4) is 0 Å². The van der Waals surface area contributed by atoms with Gasteiger partial charge >= 0.3 is 0 Å². The molecule has 2 heterocycles. The molecule has 0 amide bonds. The SMILES string of the molecule is CN(C)c1ccc2c(c1)-c1cc(N(C)C)ccc1C21Oc2ccccc2-c2[nH]c3ccccc3c21. The topological polar surface area (TPSA) is 31.5 Å². The van der Waals surface area contributed by atoms with Crippen LogP contribution in [0.5, 0.6) is 5.75 Å². The van der Waals surface area contributed by atoms with Gasteiger partial charge in [0, 0.05) is 72.7 Å². The maximum atomic E-state index is 7.18. The van der Waals surface area contributed by atoms with Gasteiger partial charge in [0.05, 0.1) is 5.69 Å². The molecule has 0 radical (unpaired) electrons. The summed E-state index contributed by atoms with van der Waals surface area (Å²) in [6.45, 7) is 0. The van der Waals surface area contributed by atoms with Crippen LogP contribution < -0.4 is 14.5 Å². The number of rotatable bonds is 2. The zero-order valence-corrected chi connectivity index (χ0v) is 20.4. The van der Waals surface area contributed by atoms with E-state index in [0.717, 1.165) is 22.5 Å². The summed E-state index contributed by atoms with van der Waals surface area (Å²) >= 11 is 0. The predicted octanol–water partition coefficient (Wildman–Crippen LogP) is 6.63. The Hall–Kier alpha value is -4.18. The number of benzene rings is 4. The number of ether oxygens (including phenoxy) is 1. The molecule has 2 aliphatic rings. The largest absolute Gasteiger partial charge is 0.472 e. The van der Waals surface area contributed by atoms with Gasteiger partial charge in [0.25, 0.3) is 0 Å². The quantitative estimate of drug-likeness (QED) is 0.323. The van der Waals surface area contributed by atoms with Crippen LogP contribution >= 0.6 is 0 Å². The minimum absolute atomic E-state index is 0.732. The summed E-state index contributed by atoms with van der Waals surface area (Å²) in [6.07, 6.45) is 0. The van der Waals surface area contributed by atoms with Gasteiger partial charge in [-0.25, -0.2) is 0 Å². The number of H-pyrrole nitrogens is 1. The van der Waals surface area contributed by atoms with Gasteiger partial charge in [0.15, 0.2) is 5.60 Å². The molecule has 0 unspecified atom stereocenters. The normalized spacial score (nSPS) is 14.2. The second-order valence-corrected chi connectivity index (χ2v) is 9.95. The van der Waals surface area contributed by atoms with E-state index < -0.39 is 5.60 Å². The lowest BCUT2D eigenvalue weighted by atomic mass is 9.79. The molecule has 0 bridgehead atoms. The van der Waals surface area contributed by atoms with Gasteiger partial charge < -0.3 is 19.5 Å². The van der Waals surface area contributed by atoms with E-state index in [9.17, 15) is 0 Å². The van der Waals surface area contributed by atoms with Crippen molar-refractivity contribution in [2.45, 2.75) is 5.60 Å². The number of nitrogens with zero attached hydrogens (tertiary/aromatic N) is 2. The first-order valence-electron chi connectivity index (χ1n) is 12.0. The Morgan fingerprint density at radius 2 is 1.26 bits per heavy atom. The van der Waals surface area contributed by atoms with E-state index in [0.29, 0.717) is 0 Å².